The van der Waals surface area contributed by atoms with Crippen molar-refractivity contribution in [3.8, 4) is 0 Å². The average molecular weight is 344 g/mol. The number of hydrogen-bond donors (Lipinski definition) is 1. The first kappa shape index (κ1) is 14.3. The maximum atomic E-state index is 12.3. The Morgan fingerprint density at radius 3 is 2.29 bits per heavy atom. The highest BCUT2D eigenvalue weighted by Crippen LogP contribution is 2.51. The van der Waals surface area contributed by atoms with E-state index in [1.54, 1.807) is 0 Å². The molecule has 1 N–H and O–H groups in total. The molecule has 1 aliphatic rings. The van der Waals surface area contributed by atoms with Crippen LogP contribution in [0.1, 0.15) is 35.7 Å². The van der Waals surface area contributed by atoms with Gasteiger partial charge in [0.2, 0.25) is 0 Å². The van der Waals surface area contributed by atoms with E-state index in [-0.39, 0.29) is 17.4 Å². The van der Waals surface area contributed by atoms with Crippen molar-refractivity contribution in [2.24, 2.45) is 0 Å². The molecule has 0 bridgehead atoms. The molecule has 1 saturated carbocycles. The number of carbonyl (C=O) groups is 1. The fraction of sp³-hybridized carbons (Fsp3) is 0.278. The third-order valence-electron chi connectivity index (χ3n) is 4.42. The van der Waals surface area contributed by atoms with E-state index >= 15 is 0 Å². The zero-order valence-corrected chi connectivity index (χ0v) is 13.6. The van der Waals surface area contributed by atoms with Crippen LogP contribution >= 0.6 is 15.9 Å². The van der Waals surface area contributed by atoms with Gasteiger partial charge in [0.25, 0.3) is 5.91 Å². The van der Waals surface area contributed by atoms with Crippen molar-refractivity contribution < 1.29 is 4.79 Å². The predicted octanol–water partition coefficient (Wildman–Crippen LogP) is 4.30. The molecular weight excluding hydrogens is 326 g/mol. The lowest BCUT2D eigenvalue weighted by Crippen LogP contribution is -2.41. The predicted molar refractivity (Wildman–Crippen MR) is 88.4 cm³/mol. The molecule has 0 radical (unpaired) electrons. The molecule has 0 aromatic heterocycles. The Morgan fingerprint density at radius 1 is 1.10 bits per heavy atom. The molecule has 2 aromatic carbocycles. The molecule has 108 valence electrons. The molecule has 2 aromatic rings. The lowest BCUT2D eigenvalue weighted by Gasteiger charge is -2.25. The van der Waals surface area contributed by atoms with Crippen molar-refractivity contribution in [3.63, 3.8) is 0 Å². The van der Waals surface area contributed by atoms with Crippen LogP contribution in [0, 0.1) is 0 Å². The van der Waals surface area contributed by atoms with Crippen LogP contribution < -0.4 is 5.32 Å². The van der Waals surface area contributed by atoms with Gasteiger partial charge in [-0.2, -0.15) is 0 Å². The number of hydrogen-bond acceptors (Lipinski definition) is 1. The molecule has 2 nitrogen and oxygen atoms in total. The van der Waals surface area contributed by atoms with Crippen LogP contribution in [0.25, 0.3) is 0 Å². The Morgan fingerprint density at radius 2 is 1.71 bits per heavy atom. The number of carbonyl (C=O) groups excluding carboxylic acids is 1. The highest BCUT2D eigenvalue weighted by Gasteiger charge is 2.49. The molecule has 0 saturated heterocycles. The van der Waals surface area contributed by atoms with E-state index in [0.717, 1.165) is 22.9 Å². The van der Waals surface area contributed by atoms with Crippen molar-refractivity contribution in [3.05, 3.63) is 70.2 Å². The van der Waals surface area contributed by atoms with Crippen molar-refractivity contribution in [1.82, 2.24) is 5.32 Å². The van der Waals surface area contributed by atoms with Gasteiger partial charge in [-0.1, -0.05) is 46.3 Å². The summed E-state index contributed by atoms with van der Waals surface area (Å²) in [5, 5.41) is 3.16. The molecule has 0 spiro atoms. The van der Waals surface area contributed by atoms with Crippen LogP contribution in [0.15, 0.2) is 59.1 Å². The third kappa shape index (κ3) is 2.88. The monoisotopic (exact) mass is 343 g/mol. The van der Waals surface area contributed by atoms with Crippen LogP contribution in [0.3, 0.4) is 0 Å². The van der Waals surface area contributed by atoms with Gasteiger partial charge >= 0.3 is 0 Å². The van der Waals surface area contributed by atoms with Gasteiger partial charge in [0, 0.05) is 21.5 Å². The summed E-state index contributed by atoms with van der Waals surface area (Å²) >= 11 is 3.47. The fourth-order valence-corrected chi connectivity index (χ4v) is 3.16. The zero-order valence-electron chi connectivity index (χ0n) is 12.0. The van der Waals surface area contributed by atoms with Crippen LogP contribution in [0.2, 0.25) is 0 Å². The van der Waals surface area contributed by atoms with Crippen LogP contribution in [-0.4, -0.2) is 11.9 Å². The van der Waals surface area contributed by atoms with E-state index in [1.165, 1.54) is 5.56 Å². The summed E-state index contributed by atoms with van der Waals surface area (Å²) in [5.74, 6) is 0.00601. The summed E-state index contributed by atoms with van der Waals surface area (Å²) in [6.07, 6.45) is 2.26. The number of halogens is 1. The smallest absolute Gasteiger partial charge is 0.251 e. The molecule has 1 amide bonds. The molecule has 21 heavy (non-hydrogen) atoms. The van der Waals surface area contributed by atoms with Gasteiger partial charge in [0.05, 0.1) is 0 Å². The van der Waals surface area contributed by atoms with Crippen molar-refractivity contribution in [2.75, 3.05) is 0 Å². The molecule has 1 unspecified atom stereocenters. The van der Waals surface area contributed by atoms with Crippen molar-refractivity contribution >= 4 is 21.8 Å². The van der Waals surface area contributed by atoms with Gasteiger partial charge < -0.3 is 5.32 Å². The Hall–Kier alpha value is -1.61. The second-order valence-electron chi connectivity index (χ2n) is 5.72. The second kappa shape index (κ2) is 5.64. The van der Waals surface area contributed by atoms with E-state index in [2.05, 4.69) is 52.4 Å². The number of nitrogens with one attached hydrogen (secondary N) is 1. The van der Waals surface area contributed by atoms with Crippen LogP contribution in [0.4, 0.5) is 0 Å². The molecule has 3 rings (SSSR count). The highest BCUT2D eigenvalue weighted by atomic mass is 79.9. The van der Waals surface area contributed by atoms with E-state index in [9.17, 15) is 4.79 Å². The minimum atomic E-state index is 0.00601. The SMILES string of the molecule is CC(NC(=O)c1ccccc1)C1(c2ccc(Br)cc2)CC1. The first-order valence-corrected chi connectivity index (χ1v) is 8.03. The third-order valence-corrected chi connectivity index (χ3v) is 4.95. The Bertz CT molecular complexity index is 632. The lowest BCUT2D eigenvalue weighted by molar-refractivity contribution is 0.0932. The van der Waals surface area contributed by atoms with Gasteiger partial charge in [-0.25, -0.2) is 0 Å². The molecule has 3 heteroatoms. The maximum Gasteiger partial charge on any atom is 0.251 e. The van der Waals surface area contributed by atoms with Gasteiger partial charge in [-0.05, 0) is 49.6 Å². The fourth-order valence-electron chi connectivity index (χ4n) is 2.90. The summed E-state index contributed by atoms with van der Waals surface area (Å²) in [6.45, 7) is 2.11. The normalized spacial score (nSPS) is 17.0. The minimum absolute atomic E-state index is 0.00601. The molecule has 1 aliphatic carbocycles. The van der Waals surface area contributed by atoms with E-state index < -0.39 is 0 Å². The second-order valence-corrected chi connectivity index (χ2v) is 6.64. The molecule has 0 heterocycles. The van der Waals surface area contributed by atoms with Gasteiger partial charge in [-0.3, -0.25) is 4.79 Å². The summed E-state index contributed by atoms with van der Waals surface area (Å²) in [4.78, 5) is 12.3. The quantitative estimate of drug-likeness (QED) is 0.880. The molecule has 1 atom stereocenters. The lowest BCUT2D eigenvalue weighted by atomic mass is 9.89. The van der Waals surface area contributed by atoms with E-state index in [1.807, 2.05) is 30.3 Å². The first-order valence-electron chi connectivity index (χ1n) is 7.24. The highest BCUT2D eigenvalue weighted by molar-refractivity contribution is 9.10. The summed E-state index contributed by atoms with van der Waals surface area (Å²) < 4.78 is 1.09. The maximum absolute atomic E-state index is 12.3. The first-order chi connectivity index (χ1) is 10.1. The summed E-state index contributed by atoms with van der Waals surface area (Å²) in [6, 6.07) is 18.0. The van der Waals surface area contributed by atoms with E-state index in [4.69, 9.17) is 0 Å². The topological polar surface area (TPSA) is 29.1 Å². The minimum Gasteiger partial charge on any atom is -0.349 e. The molecule has 1 fully saturated rings. The Kier molecular flexibility index (Phi) is 3.85. The molecule has 0 aliphatic heterocycles. The van der Waals surface area contributed by atoms with Crippen molar-refractivity contribution in [2.45, 2.75) is 31.2 Å². The zero-order chi connectivity index (χ0) is 14.9. The number of rotatable bonds is 4. The summed E-state index contributed by atoms with van der Waals surface area (Å²) in [5.41, 5.74) is 2.13. The largest absolute Gasteiger partial charge is 0.349 e. The van der Waals surface area contributed by atoms with Crippen molar-refractivity contribution in [1.29, 1.82) is 0 Å². The van der Waals surface area contributed by atoms with Gasteiger partial charge in [0.1, 0.15) is 0 Å². The average Bonchev–Trinajstić information content (AvgIpc) is 3.30. The Labute approximate surface area is 133 Å². The Balaban J connectivity index is 1.75. The number of amides is 1. The summed E-state index contributed by atoms with van der Waals surface area (Å²) in [7, 11) is 0. The van der Waals surface area contributed by atoms with E-state index in [0.29, 0.717) is 0 Å². The van der Waals surface area contributed by atoms with Crippen LogP contribution in [0.5, 0.6) is 0 Å². The molecular formula is C18H18BrNO. The number of benzene rings is 2. The standard InChI is InChI=1S/C18H18BrNO/c1-13(20-17(21)14-5-3-2-4-6-14)18(11-12-18)15-7-9-16(19)10-8-15/h2-10,13H,11-12H2,1H3,(H,20,21). The van der Waals surface area contributed by atoms with Gasteiger partial charge in [-0.15, -0.1) is 0 Å². The van der Waals surface area contributed by atoms with Crippen LogP contribution in [-0.2, 0) is 5.41 Å². The van der Waals surface area contributed by atoms with Gasteiger partial charge in [0.15, 0.2) is 0 Å².